The van der Waals surface area contributed by atoms with E-state index in [-0.39, 0.29) is 0 Å². The summed E-state index contributed by atoms with van der Waals surface area (Å²) < 4.78 is 0. The van der Waals surface area contributed by atoms with Crippen molar-refractivity contribution in [1.29, 1.82) is 0 Å². The van der Waals surface area contributed by atoms with Gasteiger partial charge in [-0.15, -0.1) is 0 Å². The molecule has 2 aliphatic rings. The van der Waals surface area contributed by atoms with Crippen LogP contribution in [0.3, 0.4) is 0 Å². The molecule has 2 nitrogen and oxygen atoms in total. The summed E-state index contributed by atoms with van der Waals surface area (Å²) in [6.45, 7) is 10.4. The molecular formula is C26H28N2. The Balaban J connectivity index is 1.45. The third-order valence-corrected chi connectivity index (χ3v) is 5.29. The number of benzene rings is 2. The third kappa shape index (κ3) is 3.96. The minimum absolute atomic E-state index is 0.903. The van der Waals surface area contributed by atoms with E-state index in [0.717, 1.165) is 13.1 Å². The second-order valence-corrected chi connectivity index (χ2v) is 7.95. The number of anilines is 2. The molecule has 0 atom stereocenters. The van der Waals surface area contributed by atoms with Crippen LogP contribution in [0.4, 0.5) is 11.4 Å². The summed E-state index contributed by atoms with van der Waals surface area (Å²) in [5.74, 6) is 0. The molecule has 2 aromatic rings. The highest BCUT2D eigenvalue weighted by molar-refractivity contribution is 5.61. The molecule has 0 aromatic heterocycles. The van der Waals surface area contributed by atoms with E-state index in [9.17, 15) is 0 Å². The van der Waals surface area contributed by atoms with E-state index in [2.05, 4.69) is 111 Å². The van der Waals surface area contributed by atoms with Gasteiger partial charge in [-0.25, -0.2) is 0 Å². The first kappa shape index (κ1) is 18.4. The molecule has 0 bridgehead atoms. The molecule has 0 aliphatic carbocycles. The van der Waals surface area contributed by atoms with Crippen molar-refractivity contribution >= 4 is 11.4 Å². The molecule has 2 heteroatoms. The predicted octanol–water partition coefficient (Wildman–Crippen LogP) is 6.14. The summed E-state index contributed by atoms with van der Waals surface area (Å²) in [4.78, 5) is 4.61. The lowest BCUT2D eigenvalue weighted by atomic mass is 10.0. The predicted molar refractivity (Wildman–Crippen MR) is 121 cm³/mol. The summed E-state index contributed by atoms with van der Waals surface area (Å²) in [6, 6.07) is 13.4. The summed E-state index contributed by atoms with van der Waals surface area (Å²) >= 11 is 0. The van der Waals surface area contributed by atoms with Crippen LogP contribution in [-0.2, 0) is 0 Å². The van der Waals surface area contributed by atoms with Crippen molar-refractivity contribution in [2.24, 2.45) is 0 Å². The number of rotatable bonds is 3. The van der Waals surface area contributed by atoms with Crippen LogP contribution in [0.15, 0.2) is 84.2 Å². The first-order valence-electron chi connectivity index (χ1n) is 9.95. The number of hydrogen-bond donors (Lipinski definition) is 0. The highest BCUT2D eigenvalue weighted by Gasteiger charge is 2.13. The number of aryl methyl sites for hydroxylation is 4. The Morgan fingerprint density at radius 1 is 0.536 bits per heavy atom. The van der Waals surface area contributed by atoms with Crippen molar-refractivity contribution in [1.82, 2.24) is 0 Å². The first-order chi connectivity index (χ1) is 13.5. The van der Waals surface area contributed by atoms with Gasteiger partial charge in [-0.05, 0) is 97.5 Å². The van der Waals surface area contributed by atoms with E-state index in [0.29, 0.717) is 0 Å². The fraction of sp³-hybridized carbons (Fsp3) is 0.231. The zero-order valence-corrected chi connectivity index (χ0v) is 17.2. The lowest BCUT2D eigenvalue weighted by Gasteiger charge is -2.26. The van der Waals surface area contributed by atoms with Crippen molar-refractivity contribution in [3.8, 4) is 0 Å². The summed E-state index contributed by atoms with van der Waals surface area (Å²) in [5.41, 5.74) is 10.4. The van der Waals surface area contributed by atoms with Crippen LogP contribution in [0.2, 0.25) is 0 Å². The molecule has 0 amide bonds. The standard InChI is InChI=1S/C26H28N2/c1-19-13-20(2)16-25(15-19)27-9-5-23(6-10-27)24-7-11-28(12-8-24)26-17-21(3)14-22(4)18-26/h5-9,11,13-18H,10,12H2,1-4H3. The highest BCUT2D eigenvalue weighted by atomic mass is 15.1. The minimum atomic E-state index is 0.903. The second kappa shape index (κ2) is 7.55. The average Bonchev–Trinajstić information content (AvgIpc) is 2.67. The topological polar surface area (TPSA) is 6.48 Å². The van der Waals surface area contributed by atoms with Crippen molar-refractivity contribution < 1.29 is 0 Å². The highest BCUT2D eigenvalue weighted by Crippen LogP contribution is 2.27. The maximum Gasteiger partial charge on any atom is 0.0415 e. The van der Waals surface area contributed by atoms with Crippen molar-refractivity contribution in [3.05, 3.63) is 107 Å². The molecule has 0 radical (unpaired) electrons. The number of hydrogen-bond acceptors (Lipinski definition) is 2. The molecule has 2 aliphatic heterocycles. The van der Waals surface area contributed by atoms with Crippen molar-refractivity contribution in [2.75, 3.05) is 22.9 Å². The van der Waals surface area contributed by atoms with Gasteiger partial charge in [-0.3, -0.25) is 0 Å². The van der Waals surface area contributed by atoms with Crippen LogP contribution in [0.5, 0.6) is 0 Å². The molecule has 0 saturated heterocycles. The maximum absolute atomic E-state index is 2.32. The Morgan fingerprint density at radius 2 is 0.893 bits per heavy atom. The molecule has 2 aromatic carbocycles. The molecule has 0 N–H and O–H groups in total. The molecule has 2 heterocycles. The molecular weight excluding hydrogens is 340 g/mol. The van der Waals surface area contributed by atoms with E-state index < -0.39 is 0 Å². The zero-order valence-electron chi connectivity index (χ0n) is 17.2. The molecule has 0 saturated carbocycles. The quantitative estimate of drug-likeness (QED) is 0.642. The van der Waals surface area contributed by atoms with Crippen LogP contribution in [-0.4, -0.2) is 13.1 Å². The first-order valence-corrected chi connectivity index (χ1v) is 9.95. The van der Waals surface area contributed by atoms with Crippen molar-refractivity contribution in [2.45, 2.75) is 27.7 Å². The number of allylic oxidation sites excluding steroid dienone is 4. The van der Waals surface area contributed by atoms with Gasteiger partial charge in [0, 0.05) is 36.9 Å². The van der Waals surface area contributed by atoms with Gasteiger partial charge in [0.15, 0.2) is 0 Å². The average molecular weight is 369 g/mol. The molecule has 0 unspecified atom stereocenters. The van der Waals surface area contributed by atoms with Crippen LogP contribution in [0, 0.1) is 27.7 Å². The fourth-order valence-corrected chi connectivity index (χ4v) is 4.04. The minimum Gasteiger partial charge on any atom is -0.344 e. The molecule has 28 heavy (non-hydrogen) atoms. The molecule has 4 rings (SSSR count). The van der Waals surface area contributed by atoms with Crippen LogP contribution in [0.25, 0.3) is 0 Å². The van der Waals surface area contributed by atoms with Gasteiger partial charge in [-0.2, -0.15) is 0 Å². The Labute approximate surface area is 168 Å². The Kier molecular flexibility index (Phi) is 4.95. The van der Waals surface area contributed by atoms with Gasteiger partial charge in [0.05, 0.1) is 0 Å². The Hall–Kier alpha value is -3.00. The fourth-order valence-electron chi connectivity index (χ4n) is 4.04. The number of nitrogens with zero attached hydrogens (tertiary/aromatic N) is 2. The van der Waals surface area contributed by atoms with Gasteiger partial charge >= 0.3 is 0 Å². The largest absolute Gasteiger partial charge is 0.344 e. The van der Waals surface area contributed by atoms with E-state index in [4.69, 9.17) is 0 Å². The van der Waals surface area contributed by atoms with Gasteiger partial charge in [0.2, 0.25) is 0 Å². The summed E-state index contributed by atoms with van der Waals surface area (Å²) in [6.07, 6.45) is 13.5. The van der Waals surface area contributed by atoms with Crippen molar-refractivity contribution in [3.63, 3.8) is 0 Å². The van der Waals surface area contributed by atoms with Gasteiger partial charge in [0.25, 0.3) is 0 Å². The van der Waals surface area contributed by atoms with E-state index >= 15 is 0 Å². The monoisotopic (exact) mass is 368 g/mol. The van der Waals surface area contributed by atoms with Crippen LogP contribution >= 0.6 is 0 Å². The van der Waals surface area contributed by atoms with E-state index in [1.54, 1.807) is 0 Å². The van der Waals surface area contributed by atoms with Gasteiger partial charge in [0.1, 0.15) is 0 Å². The van der Waals surface area contributed by atoms with Gasteiger partial charge in [-0.1, -0.05) is 24.3 Å². The Bertz CT molecular complexity index is 897. The summed E-state index contributed by atoms with van der Waals surface area (Å²) in [5, 5.41) is 0. The van der Waals surface area contributed by atoms with E-state index in [1.165, 1.54) is 44.8 Å². The SMILES string of the molecule is Cc1cc(C)cc(N2C=CC(C3=CCN(c4cc(C)cc(C)c4)C=C3)=CC2)c1. The molecule has 142 valence electrons. The summed E-state index contributed by atoms with van der Waals surface area (Å²) in [7, 11) is 0. The van der Waals surface area contributed by atoms with Gasteiger partial charge < -0.3 is 9.80 Å². The van der Waals surface area contributed by atoms with E-state index in [1.807, 2.05) is 0 Å². The van der Waals surface area contributed by atoms with Crippen LogP contribution in [0.1, 0.15) is 22.3 Å². The lowest BCUT2D eigenvalue weighted by molar-refractivity contribution is 1.03. The normalized spacial score (nSPS) is 16.3. The maximum atomic E-state index is 2.32. The lowest BCUT2D eigenvalue weighted by Crippen LogP contribution is -2.21. The Morgan fingerprint density at radius 3 is 1.18 bits per heavy atom. The second-order valence-electron chi connectivity index (χ2n) is 7.95. The van der Waals surface area contributed by atoms with Crippen LogP contribution < -0.4 is 9.80 Å². The molecule has 0 fully saturated rings. The molecule has 0 spiro atoms. The zero-order chi connectivity index (χ0) is 19.7. The third-order valence-electron chi connectivity index (χ3n) is 5.29. The smallest absolute Gasteiger partial charge is 0.0415 e.